The van der Waals surface area contributed by atoms with Gasteiger partial charge in [-0.05, 0) is 61.2 Å². The minimum Gasteiger partial charge on any atom is -0.481 e. The lowest BCUT2D eigenvalue weighted by molar-refractivity contribution is -0.141. The van der Waals surface area contributed by atoms with Crippen LogP contribution in [-0.2, 0) is 16.1 Å². The lowest BCUT2D eigenvalue weighted by atomic mass is 10.0. The standard InChI is InChI=1S/C20H20FNO4/c21-16-5-9-18(10-6-16)26-17-7-1-13(2-8-17)12-22-19(23)14-3-4-15(11-14)20(24)25/h1-2,5-10,14-15H,3-4,11-12H2,(H,22,23)(H,24,25)/t14-,15+/m0/s1. The van der Waals surface area contributed by atoms with Gasteiger partial charge in [-0.1, -0.05) is 12.1 Å². The smallest absolute Gasteiger partial charge is 0.306 e. The van der Waals surface area contributed by atoms with Crippen molar-refractivity contribution in [3.8, 4) is 11.5 Å². The Bertz CT molecular complexity index is 773. The summed E-state index contributed by atoms with van der Waals surface area (Å²) < 4.78 is 18.5. The molecule has 1 aliphatic rings. The van der Waals surface area contributed by atoms with E-state index in [0.29, 0.717) is 37.3 Å². The van der Waals surface area contributed by atoms with Crippen molar-refractivity contribution in [3.63, 3.8) is 0 Å². The number of rotatable bonds is 6. The summed E-state index contributed by atoms with van der Waals surface area (Å²) in [4.78, 5) is 23.1. The molecule has 1 amide bonds. The molecule has 0 aliphatic heterocycles. The van der Waals surface area contributed by atoms with Gasteiger partial charge in [0.2, 0.25) is 5.91 Å². The molecule has 1 saturated carbocycles. The number of amides is 1. The zero-order valence-corrected chi connectivity index (χ0v) is 14.2. The summed E-state index contributed by atoms with van der Waals surface area (Å²) in [5.41, 5.74) is 0.914. The van der Waals surface area contributed by atoms with Gasteiger partial charge in [0, 0.05) is 12.5 Å². The number of carbonyl (C=O) groups excluding carboxylic acids is 1. The molecule has 6 heteroatoms. The highest BCUT2D eigenvalue weighted by molar-refractivity contribution is 5.80. The average Bonchev–Trinajstić information content (AvgIpc) is 3.13. The number of carboxylic acids is 1. The summed E-state index contributed by atoms with van der Waals surface area (Å²) in [5, 5.41) is 11.9. The quantitative estimate of drug-likeness (QED) is 0.826. The zero-order valence-electron chi connectivity index (χ0n) is 14.2. The summed E-state index contributed by atoms with van der Waals surface area (Å²) in [7, 11) is 0. The highest BCUT2D eigenvalue weighted by atomic mass is 19.1. The molecular formula is C20H20FNO4. The van der Waals surface area contributed by atoms with Crippen molar-refractivity contribution in [3.05, 3.63) is 59.9 Å². The number of nitrogens with one attached hydrogen (secondary N) is 1. The first kappa shape index (κ1) is 17.9. The predicted molar refractivity (Wildman–Crippen MR) is 93.2 cm³/mol. The van der Waals surface area contributed by atoms with Crippen LogP contribution in [-0.4, -0.2) is 17.0 Å². The van der Waals surface area contributed by atoms with E-state index in [2.05, 4.69) is 5.32 Å². The Morgan fingerprint density at radius 3 is 2.15 bits per heavy atom. The molecule has 0 heterocycles. The number of ether oxygens (including phenoxy) is 1. The van der Waals surface area contributed by atoms with E-state index in [4.69, 9.17) is 9.84 Å². The number of halogens is 1. The molecule has 5 nitrogen and oxygen atoms in total. The fourth-order valence-electron chi connectivity index (χ4n) is 3.09. The highest BCUT2D eigenvalue weighted by Crippen LogP contribution is 2.31. The van der Waals surface area contributed by atoms with E-state index in [9.17, 15) is 14.0 Å². The number of carbonyl (C=O) groups is 2. The Balaban J connectivity index is 1.49. The van der Waals surface area contributed by atoms with Crippen LogP contribution in [0.15, 0.2) is 48.5 Å². The Hall–Kier alpha value is -2.89. The third kappa shape index (κ3) is 4.59. The van der Waals surface area contributed by atoms with Crippen molar-refractivity contribution in [2.24, 2.45) is 11.8 Å². The lowest BCUT2D eigenvalue weighted by Gasteiger charge is -2.11. The first-order valence-corrected chi connectivity index (χ1v) is 8.54. The maximum absolute atomic E-state index is 12.9. The van der Waals surface area contributed by atoms with Crippen LogP contribution < -0.4 is 10.1 Å². The van der Waals surface area contributed by atoms with Gasteiger partial charge in [-0.25, -0.2) is 4.39 Å². The highest BCUT2D eigenvalue weighted by Gasteiger charge is 2.33. The summed E-state index contributed by atoms with van der Waals surface area (Å²) in [5.74, 6) is -0.711. The molecule has 26 heavy (non-hydrogen) atoms. The molecule has 3 rings (SSSR count). The largest absolute Gasteiger partial charge is 0.481 e. The van der Waals surface area contributed by atoms with Crippen LogP contribution in [0.3, 0.4) is 0 Å². The van der Waals surface area contributed by atoms with Crippen molar-refractivity contribution in [1.29, 1.82) is 0 Å². The Labute approximate surface area is 150 Å². The second-order valence-electron chi connectivity index (χ2n) is 6.46. The minimum absolute atomic E-state index is 0.0969. The number of benzene rings is 2. The van der Waals surface area contributed by atoms with Crippen molar-refractivity contribution < 1.29 is 23.8 Å². The molecule has 2 N–H and O–H groups in total. The van der Waals surface area contributed by atoms with Crippen LogP contribution >= 0.6 is 0 Å². The Kier molecular flexibility index (Phi) is 5.51. The second kappa shape index (κ2) is 7.99. The number of hydrogen-bond donors (Lipinski definition) is 2. The third-order valence-corrected chi connectivity index (χ3v) is 4.59. The molecule has 2 aromatic carbocycles. The van der Waals surface area contributed by atoms with Gasteiger partial charge < -0.3 is 15.2 Å². The molecule has 1 fully saturated rings. The molecule has 0 saturated heterocycles. The molecule has 136 valence electrons. The normalized spacial score (nSPS) is 19.1. The fourth-order valence-corrected chi connectivity index (χ4v) is 3.09. The Morgan fingerprint density at radius 1 is 1.00 bits per heavy atom. The van der Waals surface area contributed by atoms with Crippen molar-refractivity contribution in [1.82, 2.24) is 5.32 Å². The van der Waals surface area contributed by atoms with Crippen LogP contribution in [0.25, 0.3) is 0 Å². The van der Waals surface area contributed by atoms with Crippen molar-refractivity contribution >= 4 is 11.9 Å². The third-order valence-electron chi connectivity index (χ3n) is 4.59. The molecule has 2 aromatic rings. The maximum atomic E-state index is 12.9. The molecular weight excluding hydrogens is 337 g/mol. The molecule has 0 aromatic heterocycles. The molecule has 0 radical (unpaired) electrons. The van der Waals surface area contributed by atoms with Crippen LogP contribution in [0.5, 0.6) is 11.5 Å². The van der Waals surface area contributed by atoms with Crippen LogP contribution in [0.1, 0.15) is 24.8 Å². The number of carboxylic acid groups (broad SMARTS) is 1. The van der Waals surface area contributed by atoms with Gasteiger partial charge in [-0.2, -0.15) is 0 Å². The zero-order chi connectivity index (χ0) is 18.5. The monoisotopic (exact) mass is 357 g/mol. The van der Waals surface area contributed by atoms with Gasteiger partial charge >= 0.3 is 5.97 Å². The van der Waals surface area contributed by atoms with E-state index >= 15 is 0 Å². The van der Waals surface area contributed by atoms with E-state index in [1.807, 2.05) is 12.1 Å². The predicted octanol–water partition coefficient (Wildman–Crippen LogP) is 3.74. The first-order valence-electron chi connectivity index (χ1n) is 8.54. The van der Waals surface area contributed by atoms with E-state index in [1.165, 1.54) is 12.1 Å². The van der Waals surface area contributed by atoms with E-state index < -0.39 is 11.9 Å². The van der Waals surface area contributed by atoms with E-state index in [0.717, 1.165) is 5.56 Å². The van der Waals surface area contributed by atoms with Gasteiger partial charge in [0.25, 0.3) is 0 Å². The van der Waals surface area contributed by atoms with Crippen molar-refractivity contribution in [2.75, 3.05) is 0 Å². The molecule has 0 bridgehead atoms. The molecule has 0 unspecified atom stereocenters. The lowest BCUT2D eigenvalue weighted by Crippen LogP contribution is -2.29. The SMILES string of the molecule is O=C(O)[C@@H]1CC[C@H](C(=O)NCc2ccc(Oc3ccc(F)cc3)cc2)C1. The van der Waals surface area contributed by atoms with Crippen LogP contribution in [0.2, 0.25) is 0 Å². The molecule has 2 atom stereocenters. The van der Waals surface area contributed by atoms with Crippen molar-refractivity contribution in [2.45, 2.75) is 25.8 Å². The van der Waals surface area contributed by atoms with Gasteiger partial charge in [-0.15, -0.1) is 0 Å². The van der Waals surface area contributed by atoms with Gasteiger partial charge in [0.15, 0.2) is 0 Å². The van der Waals surface area contributed by atoms with Gasteiger partial charge in [0.05, 0.1) is 5.92 Å². The van der Waals surface area contributed by atoms with E-state index in [-0.39, 0.29) is 17.6 Å². The van der Waals surface area contributed by atoms with E-state index in [1.54, 1.807) is 24.3 Å². The van der Waals surface area contributed by atoms with Crippen LogP contribution in [0, 0.1) is 17.7 Å². The number of aliphatic carboxylic acids is 1. The number of hydrogen-bond acceptors (Lipinski definition) is 3. The average molecular weight is 357 g/mol. The first-order chi connectivity index (χ1) is 12.5. The fraction of sp³-hybridized carbons (Fsp3) is 0.300. The van der Waals surface area contributed by atoms with Gasteiger partial charge in [-0.3, -0.25) is 9.59 Å². The minimum atomic E-state index is -0.822. The summed E-state index contributed by atoms with van der Waals surface area (Å²) >= 11 is 0. The summed E-state index contributed by atoms with van der Waals surface area (Å²) in [6.07, 6.45) is 1.59. The molecule has 1 aliphatic carbocycles. The summed E-state index contributed by atoms with van der Waals surface area (Å²) in [6.45, 7) is 0.379. The Morgan fingerprint density at radius 2 is 1.58 bits per heavy atom. The van der Waals surface area contributed by atoms with Crippen LogP contribution in [0.4, 0.5) is 4.39 Å². The second-order valence-corrected chi connectivity index (χ2v) is 6.46. The topological polar surface area (TPSA) is 75.6 Å². The summed E-state index contributed by atoms with van der Waals surface area (Å²) in [6, 6.07) is 13.0. The molecule has 0 spiro atoms. The van der Waals surface area contributed by atoms with Gasteiger partial charge in [0.1, 0.15) is 17.3 Å². The maximum Gasteiger partial charge on any atom is 0.306 e.